The number of non-ortho nitro benzene ring substituents is 1. The molecular formula is C13H9NO5. The fourth-order valence-corrected chi connectivity index (χ4v) is 1.71. The SMILES string of the molecule is O=[N+]([O-])c1ccc(Oc2ccc3c(c2)OCO3)cc1. The monoisotopic (exact) mass is 259 g/mol. The fraction of sp³-hybridized carbons (Fsp3) is 0.0769. The highest BCUT2D eigenvalue weighted by molar-refractivity contribution is 5.48. The van der Waals surface area contributed by atoms with Crippen LogP contribution in [0.25, 0.3) is 0 Å². The van der Waals surface area contributed by atoms with Gasteiger partial charge in [-0.05, 0) is 24.3 Å². The molecule has 0 aliphatic carbocycles. The topological polar surface area (TPSA) is 70.8 Å². The molecule has 0 saturated heterocycles. The molecule has 6 heteroatoms. The summed E-state index contributed by atoms with van der Waals surface area (Å²) >= 11 is 0. The number of nitrogens with zero attached hydrogens (tertiary/aromatic N) is 1. The van der Waals surface area contributed by atoms with Crippen molar-refractivity contribution >= 4 is 5.69 Å². The van der Waals surface area contributed by atoms with Gasteiger partial charge in [-0.3, -0.25) is 10.1 Å². The van der Waals surface area contributed by atoms with Gasteiger partial charge in [0.1, 0.15) is 11.5 Å². The van der Waals surface area contributed by atoms with Crippen LogP contribution in [0.15, 0.2) is 42.5 Å². The lowest BCUT2D eigenvalue weighted by Crippen LogP contribution is -1.92. The zero-order valence-electron chi connectivity index (χ0n) is 9.74. The summed E-state index contributed by atoms with van der Waals surface area (Å²) in [6.07, 6.45) is 0. The predicted molar refractivity (Wildman–Crippen MR) is 65.7 cm³/mol. The van der Waals surface area contributed by atoms with Crippen molar-refractivity contribution in [3.05, 3.63) is 52.6 Å². The quantitative estimate of drug-likeness (QED) is 0.625. The summed E-state index contributed by atoms with van der Waals surface area (Å²) in [5.41, 5.74) is 0.0260. The van der Waals surface area contributed by atoms with Gasteiger partial charge < -0.3 is 14.2 Å². The first-order valence-corrected chi connectivity index (χ1v) is 5.54. The molecule has 0 spiro atoms. The van der Waals surface area contributed by atoms with Gasteiger partial charge in [-0.1, -0.05) is 0 Å². The lowest BCUT2D eigenvalue weighted by Gasteiger charge is -2.06. The summed E-state index contributed by atoms with van der Waals surface area (Å²) < 4.78 is 16.0. The van der Waals surface area contributed by atoms with Crippen LogP contribution in [0.2, 0.25) is 0 Å². The van der Waals surface area contributed by atoms with Gasteiger partial charge in [0, 0.05) is 18.2 Å². The van der Waals surface area contributed by atoms with Crippen molar-refractivity contribution in [2.75, 3.05) is 6.79 Å². The first kappa shape index (κ1) is 11.3. The minimum Gasteiger partial charge on any atom is -0.457 e. The summed E-state index contributed by atoms with van der Waals surface area (Å²) in [6, 6.07) is 11.1. The van der Waals surface area contributed by atoms with Crippen LogP contribution in [-0.2, 0) is 0 Å². The van der Waals surface area contributed by atoms with Gasteiger partial charge >= 0.3 is 0 Å². The van der Waals surface area contributed by atoms with E-state index in [-0.39, 0.29) is 12.5 Å². The molecule has 1 aliphatic heterocycles. The zero-order valence-corrected chi connectivity index (χ0v) is 9.74. The van der Waals surface area contributed by atoms with Crippen LogP contribution in [0.1, 0.15) is 0 Å². The minimum atomic E-state index is -0.454. The number of ether oxygens (including phenoxy) is 3. The van der Waals surface area contributed by atoms with E-state index in [0.29, 0.717) is 23.0 Å². The van der Waals surface area contributed by atoms with Crippen molar-refractivity contribution in [1.82, 2.24) is 0 Å². The van der Waals surface area contributed by atoms with Crippen LogP contribution in [0, 0.1) is 10.1 Å². The zero-order chi connectivity index (χ0) is 13.2. The Kier molecular flexibility index (Phi) is 2.68. The highest BCUT2D eigenvalue weighted by atomic mass is 16.7. The number of nitro benzene ring substituents is 1. The number of fused-ring (bicyclic) bond motifs is 1. The third-order valence-corrected chi connectivity index (χ3v) is 2.63. The van der Waals surface area contributed by atoms with E-state index in [1.807, 2.05) is 0 Å². The molecule has 19 heavy (non-hydrogen) atoms. The summed E-state index contributed by atoms with van der Waals surface area (Å²) in [5, 5.41) is 10.5. The van der Waals surface area contributed by atoms with E-state index >= 15 is 0 Å². The summed E-state index contributed by atoms with van der Waals surface area (Å²) in [5.74, 6) is 2.40. The maximum absolute atomic E-state index is 10.5. The van der Waals surface area contributed by atoms with Crippen molar-refractivity contribution in [1.29, 1.82) is 0 Å². The van der Waals surface area contributed by atoms with Crippen LogP contribution in [0.4, 0.5) is 5.69 Å². The average Bonchev–Trinajstić information content (AvgIpc) is 2.87. The molecule has 0 atom stereocenters. The lowest BCUT2D eigenvalue weighted by atomic mass is 10.3. The summed E-state index contributed by atoms with van der Waals surface area (Å²) in [4.78, 5) is 10.1. The van der Waals surface area contributed by atoms with Gasteiger partial charge in [-0.15, -0.1) is 0 Å². The summed E-state index contributed by atoms with van der Waals surface area (Å²) in [6.45, 7) is 0.205. The Morgan fingerprint density at radius 3 is 2.42 bits per heavy atom. The molecule has 0 aromatic heterocycles. The maximum atomic E-state index is 10.5. The Bertz CT molecular complexity index is 623. The van der Waals surface area contributed by atoms with Crippen molar-refractivity contribution in [3.8, 4) is 23.0 Å². The molecule has 0 radical (unpaired) electrons. The third-order valence-electron chi connectivity index (χ3n) is 2.63. The maximum Gasteiger partial charge on any atom is 0.269 e. The van der Waals surface area contributed by atoms with Gasteiger partial charge in [0.05, 0.1) is 4.92 Å². The number of rotatable bonds is 3. The van der Waals surface area contributed by atoms with E-state index in [0.717, 1.165) is 0 Å². The standard InChI is InChI=1S/C13H9NO5/c15-14(16)9-1-3-10(4-2-9)19-11-5-6-12-13(7-11)18-8-17-12/h1-7H,8H2. The molecule has 0 N–H and O–H groups in total. The molecule has 3 rings (SSSR count). The van der Waals surface area contributed by atoms with Crippen molar-refractivity contribution < 1.29 is 19.1 Å². The normalized spacial score (nSPS) is 12.2. The molecule has 6 nitrogen and oxygen atoms in total. The van der Waals surface area contributed by atoms with E-state index in [1.54, 1.807) is 30.3 Å². The number of hydrogen-bond donors (Lipinski definition) is 0. The van der Waals surface area contributed by atoms with Gasteiger partial charge in [0.25, 0.3) is 5.69 Å². The van der Waals surface area contributed by atoms with Crippen LogP contribution >= 0.6 is 0 Å². The Hall–Kier alpha value is -2.76. The molecule has 96 valence electrons. The largest absolute Gasteiger partial charge is 0.457 e. The Labute approximate surface area is 108 Å². The Morgan fingerprint density at radius 2 is 1.68 bits per heavy atom. The third kappa shape index (κ3) is 2.28. The average molecular weight is 259 g/mol. The highest BCUT2D eigenvalue weighted by Gasteiger charge is 2.14. The molecule has 2 aromatic rings. The van der Waals surface area contributed by atoms with Gasteiger partial charge in [0.2, 0.25) is 6.79 Å². The van der Waals surface area contributed by atoms with Gasteiger partial charge in [-0.2, -0.15) is 0 Å². The number of nitro groups is 1. The highest BCUT2D eigenvalue weighted by Crippen LogP contribution is 2.36. The van der Waals surface area contributed by atoms with E-state index < -0.39 is 4.92 Å². The van der Waals surface area contributed by atoms with Gasteiger partial charge in [-0.25, -0.2) is 0 Å². The molecular weight excluding hydrogens is 250 g/mol. The van der Waals surface area contributed by atoms with Crippen LogP contribution in [0.5, 0.6) is 23.0 Å². The van der Waals surface area contributed by atoms with Crippen LogP contribution in [0.3, 0.4) is 0 Å². The lowest BCUT2D eigenvalue weighted by molar-refractivity contribution is -0.384. The number of hydrogen-bond acceptors (Lipinski definition) is 5. The van der Waals surface area contributed by atoms with E-state index in [4.69, 9.17) is 14.2 Å². The molecule has 0 unspecified atom stereocenters. The minimum absolute atomic E-state index is 0.0260. The fourth-order valence-electron chi connectivity index (χ4n) is 1.71. The summed E-state index contributed by atoms with van der Waals surface area (Å²) in [7, 11) is 0. The molecule has 0 bridgehead atoms. The van der Waals surface area contributed by atoms with E-state index in [2.05, 4.69) is 0 Å². The van der Waals surface area contributed by atoms with Crippen molar-refractivity contribution in [2.45, 2.75) is 0 Å². The second-order valence-corrected chi connectivity index (χ2v) is 3.87. The van der Waals surface area contributed by atoms with Crippen molar-refractivity contribution in [2.24, 2.45) is 0 Å². The van der Waals surface area contributed by atoms with Crippen LogP contribution in [-0.4, -0.2) is 11.7 Å². The molecule has 0 saturated carbocycles. The first-order chi connectivity index (χ1) is 9.22. The second kappa shape index (κ2) is 4.49. The van der Waals surface area contributed by atoms with E-state index in [9.17, 15) is 10.1 Å². The molecule has 0 amide bonds. The van der Waals surface area contributed by atoms with Crippen molar-refractivity contribution in [3.63, 3.8) is 0 Å². The Morgan fingerprint density at radius 1 is 1.00 bits per heavy atom. The van der Waals surface area contributed by atoms with Crippen LogP contribution < -0.4 is 14.2 Å². The smallest absolute Gasteiger partial charge is 0.269 e. The van der Waals surface area contributed by atoms with E-state index in [1.165, 1.54) is 12.1 Å². The molecule has 1 aliphatic rings. The number of benzene rings is 2. The molecule has 1 heterocycles. The molecule has 2 aromatic carbocycles. The van der Waals surface area contributed by atoms with Gasteiger partial charge in [0.15, 0.2) is 11.5 Å². The Balaban J connectivity index is 1.79. The first-order valence-electron chi connectivity index (χ1n) is 5.54. The predicted octanol–water partition coefficient (Wildman–Crippen LogP) is 3.12. The second-order valence-electron chi connectivity index (χ2n) is 3.87. The molecule has 0 fully saturated rings.